The Bertz CT molecular complexity index is 1880. The number of carbonyl (C=O) groups is 4. The number of fused-ring (bicyclic) bond motifs is 6. The molecule has 3 aromatic carbocycles. The van der Waals surface area contributed by atoms with Gasteiger partial charge in [0.2, 0.25) is 17.6 Å². The number of hydrogen-bond acceptors (Lipinski definition) is 6. The second-order valence-electron chi connectivity index (χ2n) is 11.5. The van der Waals surface area contributed by atoms with Gasteiger partial charge in [0.15, 0.2) is 6.10 Å². The summed E-state index contributed by atoms with van der Waals surface area (Å²) in [5.74, 6) is -2.31. The van der Waals surface area contributed by atoms with Crippen molar-refractivity contribution >= 4 is 67.7 Å². The van der Waals surface area contributed by atoms with E-state index in [1.165, 1.54) is 29.2 Å². The summed E-state index contributed by atoms with van der Waals surface area (Å²) in [6, 6.07) is 18.8. The van der Waals surface area contributed by atoms with Gasteiger partial charge in [-0.25, -0.2) is 14.2 Å². The summed E-state index contributed by atoms with van der Waals surface area (Å²) < 4.78 is 19.9. The van der Waals surface area contributed by atoms with Crippen molar-refractivity contribution < 1.29 is 28.3 Å². The first-order chi connectivity index (χ1) is 21.7. The van der Waals surface area contributed by atoms with Crippen molar-refractivity contribution in [2.75, 3.05) is 10.8 Å². The van der Waals surface area contributed by atoms with Gasteiger partial charge in [-0.1, -0.05) is 40.2 Å². The summed E-state index contributed by atoms with van der Waals surface area (Å²) in [6.45, 7) is 0. The number of pyridine rings is 1. The van der Waals surface area contributed by atoms with Crippen molar-refractivity contribution in [2.24, 2.45) is 23.7 Å². The molecule has 7 rings (SSSR count). The minimum Gasteiger partial charge on any atom is -0.450 e. The molecule has 5 atom stereocenters. The number of benzene rings is 3. The fourth-order valence-electron chi connectivity index (χ4n) is 6.79. The molecule has 1 aliphatic heterocycles. The van der Waals surface area contributed by atoms with Gasteiger partial charge in [-0.3, -0.25) is 19.3 Å². The average molecular weight is 688 g/mol. The topological polar surface area (TPSA) is 93.6 Å². The van der Waals surface area contributed by atoms with Crippen molar-refractivity contribution in [2.45, 2.75) is 18.9 Å². The molecule has 0 radical (unpaired) electrons. The Morgan fingerprint density at radius 3 is 2.27 bits per heavy atom. The molecule has 2 aliphatic carbocycles. The average Bonchev–Trinajstić information content (AvgIpc) is 3.73. The highest BCUT2D eigenvalue weighted by Gasteiger charge is 2.59. The number of nitrogens with zero attached hydrogens (tertiary/aromatic N) is 2. The first-order valence-electron chi connectivity index (χ1n) is 14.6. The van der Waals surface area contributed by atoms with E-state index in [4.69, 9.17) is 21.3 Å². The highest BCUT2D eigenvalue weighted by Crippen LogP contribution is 2.53. The number of esters is 1. The van der Waals surface area contributed by atoms with Gasteiger partial charge >= 0.3 is 5.97 Å². The molecule has 2 bridgehead atoms. The van der Waals surface area contributed by atoms with Gasteiger partial charge in [-0.2, -0.15) is 0 Å². The van der Waals surface area contributed by atoms with E-state index in [2.05, 4.69) is 28.1 Å². The van der Waals surface area contributed by atoms with Crippen LogP contribution in [0.25, 0.3) is 22.2 Å². The molecule has 5 unspecified atom stereocenters. The maximum atomic E-state index is 13.7. The van der Waals surface area contributed by atoms with Crippen LogP contribution in [0.15, 0.2) is 89.4 Å². The monoisotopic (exact) mass is 686 g/mol. The maximum absolute atomic E-state index is 13.7. The van der Waals surface area contributed by atoms with Gasteiger partial charge in [0.25, 0.3) is 0 Å². The van der Waals surface area contributed by atoms with Crippen LogP contribution in [0.4, 0.5) is 10.1 Å². The van der Waals surface area contributed by atoms with E-state index in [9.17, 15) is 23.6 Å². The van der Waals surface area contributed by atoms with Gasteiger partial charge in [0.1, 0.15) is 5.82 Å². The number of ether oxygens (including phenoxy) is 1. The summed E-state index contributed by atoms with van der Waals surface area (Å²) in [5, 5.41) is 0.511. The van der Waals surface area contributed by atoms with Crippen molar-refractivity contribution in [1.29, 1.82) is 0 Å². The van der Waals surface area contributed by atoms with Crippen molar-refractivity contribution in [3.63, 3.8) is 0 Å². The zero-order chi connectivity index (χ0) is 31.4. The van der Waals surface area contributed by atoms with Gasteiger partial charge in [0.05, 0.1) is 34.3 Å². The van der Waals surface area contributed by atoms with Crippen LogP contribution in [0.5, 0.6) is 0 Å². The van der Waals surface area contributed by atoms with Crippen LogP contribution >= 0.6 is 27.5 Å². The minimum absolute atomic E-state index is 0.0620. The molecule has 0 N–H and O–H groups in total. The van der Waals surface area contributed by atoms with E-state index in [1.54, 1.807) is 48.5 Å². The normalized spacial score (nSPS) is 22.2. The molecule has 226 valence electrons. The Hall–Kier alpha value is -4.21. The molecule has 10 heteroatoms. The summed E-state index contributed by atoms with van der Waals surface area (Å²) in [6.07, 6.45) is 3.87. The molecule has 0 spiro atoms. The lowest BCUT2D eigenvalue weighted by molar-refractivity contribution is -0.123. The molecule has 2 heterocycles. The van der Waals surface area contributed by atoms with Crippen LogP contribution in [0, 0.1) is 29.5 Å². The SMILES string of the molecule is O=C(OC(CCCl)C(=O)c1ccc(F)cc1)c1cc(-c2ccc(N3C(=O)C4C5C=CC(C5)C4C3=O)cc2)nc2ccc(Br)cc12. The number of imide groups is 1. The molecular formula is C35H25BrClFN2O5. The zero-order valence-corrected chi connectivity index (χ0v) is 26.0. The Morgan fingerprint density at radius 2 is 1.62 bits per heavy atom. The van der Waals surface area contributed by atoms with Crippen LogP contribution in [0.2, 0.25) is 0 Å². The number of hydrogen-bond donors (Lipinski definition) is 0. The number of allylic oxidation sites excluding steroid dienone is 2. The summed E-state index contributed by atoms with van der Waals surface area (Å²) in [5.41, 5.74) is 2.51. The number of carbonyl (C=O) groups excluding carboxylic acids is 4. The molecule has 1 saturated carbocycles. The van der Waals surface area contributed by atoms with Crippen LogP contribution in [0.3, 0.4) is 0 Å². The number of Topliss-reactive ketones (excluding diaryl/α,β-unsaturated/α-hetero) is 1. The molecule has 7 nitrogen and oxygen atoms in total. The Kier molecular flexibility index (Phi) is 7.61. The first-order valence-corrected chi connectivity index (χ1v) is 15.9. The van der Waals surface area contributed by atoms with E-state index < -0.39 is 23.7 Å². The largest absolute Gasteiger partial charge is 0.450 e. The Morgan fingerprint density at radius 1 is 0.956 bits per heavy atom. The van der Waals surface area contributed by atoms with E-state index >= 15 is 0 Å². The predicted molar refractivity (Wildman–Crippen MR) is 170 cm³/mol. The molecular weight excluding hydrogens is 663 g/mol. The second kappa shape index (κ2) is 11.6. The van der Waals surface area contributed by atoms with Crippen molar-refractivity contribution in [1.82, 2.24) is 4.98 Å². The van der Waals surface area contributed by atoms with Crippen molar-refractivity contribution in [3.05, 3.63) is 106 Å². The summed E-state index contributed by atoms with van der Waals surface area (Å²) in [7, 11) is 0. The van der Waals surface area contributed by atoms with Crippen LogP contribution in [0.1, 0.15) is 33.6 Å². The number of aromatic nitrogens is 1. The Labute approximate surface area is 271 Å². The highest BCUT2D eigenvalue weighted by molar-refractivity contribution is 9.10. The quantitative estimate of drug-likeness (QED) is 0.0642. The van der Waals surface area contributed by atoms with Gasteiger partial charge in [-0.15, -0.1) is 11.6 Å². The number of amides is 2. The van der Waals surface area contributed by atoms with E-state index in [0.717, 1.165) is 10.9 Å². The molecule has 1 saturated heterocycles. The fourth-order valence-corrected chi connectivity index (χ4v) is 7.35. The Balaban J connectivity index is 1.19. The summed E-state index contributed by atoms with van der Waals surface area (Å²) in [4.78, 5) is 59.5. The lowest BCUT2D eigenvalue weighted by Crippen LogP contribution is -2.32. The molecule has 45 heavy (non-hydrogen) atoms. The molecule has 1 aromatic heterocycles. The van der Waals surface area contributed by atoms with Crippen LogP contribution in [-0.4, -0.2) is 40.5 Å². The number of halogens is 3. The fraction of sp³-hybridized carbons (Fsp3) is 0.229. The van der Waals surface area contributed by atoms with Crippen molar-refractivity contribution in [3.8, 4) is 11.3 Å². The molecule has 3 aliphatic rings. The van der Waals surface area contributed by atoms with Crippen LogP contribution < -0.4 is 4.90 Å². The van der Waals surface area contributed by atoms with Gasteiger partial charge in [-0.05, 0) is 78.9 Å². The third kappa shape index (κ3) is 5.17. The standard InChI is InChI=1S/C35H25BrClFN2O5/c36-22-7-12-27-25(16-22)26(35(44)45-29(13-14-37)32(41)19-3-8-23(38)9-4-19)17-28(39-27)18-5-10-24(11-6-18)40-33(42)30-20-1-2-21(15-20)31(30)34(40)43/h1-12,16-17,20-21,29-31H,13-15H2. The van der Waals surface area contributed by atoms with Gasteiger partial charge < -0.3 is 4.74 Å². The lowest BCUT2D eigenvalue weighted by atomic mass is 9.85. The predicted octanol–water partition coefficient (Wildman–Crippen LogP) is 7.15. The summed E-state index contributed by atoms with van der Waals surface area (Å²) >= 11 is 9.41. The number of rotatable bonds is 8. The molecule has 4 aromatic rings. The van der Waals surface area contributed by atoms with Gasteiger partial charge in [0, 0.05) is 33.3 Å². The third-order valence-electron chi connectivity index (χ3n) is 8.92. The lowest BCUT2D eigenvalue weighted by Gasteiger charge is -2.18. The molecule has 2 amide bonds. The number of ketones is 1. The molecule has 2 fully saturated rings. The maximum Gasteiger partial charge on any atom is 0.339 e. The van der Waals surface area contributed by atoms with E-state index in [1.807, 2.05) is 0 Å². The third-order valence-corrected chi connectivity index (χ3v) is 9.64. The second-order valence-corrected chi connectivity index (χ2v) is 12.8. The number of anilines is 1. The van der Waals surface area contributed by atoms with E-state index in [0.29, 0.717) is 27.8 Å². The smallest absolute Gasteiger partial charge is 0.339 e. The van der Waals surface area contributed by atoms with Crippen LogP contribution in [-0.2, 0) is 14.3 Å². The highest BCUT2D eigenvalue weighted by atomic mass is 79.9. The number of alkyl halides is 1. The zero-order valence-electron chi connectivity index (χ0n) is 23.7. The van der Waals surface area contributed by atoms with E-state index in [-0.39, 0.29) is 58.9 Å². The first kappa shape index (κ1) is 29.5. The minimum atomic E-state index is -1.18.